The molecular weight excluding hydrogens is 337 g/mol. The summed E-state index contributed by atoms with van der Waals surface area (Å²) in [7, 11) is 0. The molecule has 4 nitrogen and oxygen atoms in total. The van der Waals surface area contributed by atoms with Gasteiger partial charge >= 0.3 is 11.8 Å². The van der Waals surface area contributed by atoms with Gasteiger partial charge < -0.3 is 9.52 Å². The molecule has 0 aliphatic heterocycles. The van der Waals surface area contributed by atoms with Crippen LogP contribution in [0.4, 0.5) is 13.2 Å². The molecule has 0 saturated heterocycles. The SMILES string of the molecule is Cc1cc(O)c(C(=O)CC(C)C(F)(F)F)c(=O)o1.Cc1ccccc1. The van der Waals surface area contributed by atoms with Gasteiger partial charge in [0.1, 0.15) is 17.1 Å². The van der Waals surface area contributed by atoms with E-state index in [4.69, 9.17) is 0 Å². The maximum absolute atomic E-state index is 12.3. The van der Waals surface area contributed by atoms with Crippen LogP contribution in [0.3, 0.4) is 0 Å². The number of carbonyl (C=O) groups is 1. The molecule has 7 heteroatoms. The van der Waals surface area contributed by atoms with Gasteiger partial charge in [-0.15, -0.1) is 0 Å². The van der Waals surface area contributed by atoms with E-state index in [-0.39, 0.29) is 5.76 Å². The first-order valence-corrected chi connectivity index (χ1v) is 7.47. The van der Waals surface area contributed by atoms with Crippen molar-refractivity contribution < 1.29 is 27.5 Å². The van der Waals surface area contributed by atoms with Crippen LogP contribution in [0.1, 0.15) is 35.0 Å². The van der Waals surface area contributed by atoms with Gasteiger partial charge in [-0.05, 0) is 13.8 Å². The fraction of sp³-hybridized carbons (Fsp3) is 0.333. The predicted molar refractivity (Wildman–Crippen MR) is 86.7 cm³/mol. The van der Waals surface area contributed by atoms with Crippen molar-refractivity contribution in [2.45, 2.75) is 33.4 Å². The van der Waals surface area contributed by atoms with Crippen molar-refractivity contribution in [3.05, 3.63) is 63.7 Å². The summed E-state index contributed by atoms with van der Waals surface area (Å²) in [5.74, 6) is -3.59. The Kier molecular flexibility index (Phi) is 6.97. The van der Waals surface area contributed by atoms with Crippen LogP contribution in [0.25, 0.3) is 0 Å². The molecule has 1 aromatic carbocycles. The summed E-state index contributed by atoms with van der Waals surface area (Å²) in [5.41, 5.74) is -0.550. The van der Waals surface area contributed by atoms with Crippen molar-refractivity contribution in [2.24, 2.45) is 5.92 Å². The number of halogens is 3. The third kappa shape index (κ3) is 6.45. The fourth-order valence-electron chi connectivity index (χ4n) is 1.88. The van der Waals surface area contributed by atoms with Crippen molar-refractivity contribution >= 4 is 5.78 Å². The van der Waals surface area contributed by atoms with E-state index in [2.05, 4.69) is 23.5 Å². The van der Waals surface area contributed by atoms with Gasteiger partial charge in [0.15, 0.2) is 5.78 Å². The first-order chi connectivity index (χ1) is 11.5. The number of hydrogen-bond acceptors (Lipinski definition) is 4. The van der Waals surface area contributed by atoms with Gasteiger partial charge in [-0.2, -0.15) is 13.2 Å². The van der Waals surface area contributed by atoms with E-state index < -0.39 is 41.2 Å². The quantitative estimate of drug-likeness (QED) is 0.827. The average molecular weight is 356 g/mol. The second-order valence-electron chi connectivity index (χ2n) is 5.63. The molecule has 0 bridgehead atoms. The molecule has 0 radical (unpaired) electrons. The Bertz CT molecular complexity index is 764. The van der Waals surface area contributed by atoms with Gasteiger partial charge in [0, 0.05) is 12.5 Å². The number of rotatable bonds is 3. The van der Waals surface area contributed by atoms with Crippen LogP contribution >= 0.6 is 0 Å². The lowest BCUT2D eigenvalue weighted by Gasteiger charge is -2.14. The average Bonchev–Trinajstić information content (AvgIpc) is 2.46. The Morgan fingerprint density at radius 1 is 1.20 bits per heavy atom. The Morgan fingerprint density at radius 2 is 1.76 bits per heavy atom. The number of aromatic hydroxyl groups is 1. The molecule has 0 amide bonds. The molecule has 0 spiro atoms. The predicted octanol–water partition coefficient (Wildman–Crippen LogP) is 4.42. The number of alkyl halides is 3. The van der Waals surface area contributed by atoms with Crippen LogP contribution in [0.2, 0.25) is 0 Å². The fourth-order valence-corrected chi connectivity index (χ4v) is 1.88. The van der Waals surface area contributed by atoms with E-state index in [0.29, 0.717) is 0 Å². The van der Waals surface area contributed by atoms with E-state index in [1.807, 2.05) is 18.2 Å². The lowest BCUT2D eigenvalue weighted by atomic mass is 10.00. The normalized spacial score (nSPS) is 12.1. The highest BCUT2D eigenvalue weighted by Gasteiger charge is 2.38. The van der Waals surface area contributed by atoms with Gasteiger partial charge in [0.25, 0.3) is 0 Å². The molecule has 0 saturated carbocycles. The number of hydrogen-bond donors (Lipinski definition) is 1. The Balaban J connectivity index is 0.000000370. The van der Waals surface area contributed by atoms with E-state index in [9.17, 15) is 27.9 Å². The number of Topliss-reactive ketones (excluding diaryl/α,β-unsaturated/α-hetero) is 1. The Morgan fingerprint density at radius 3 is 2.16 bits per heavy atom. The summed E-state index contributed by atoms with van der Waals surface area (Å²) in [5, 5.41) is 9.40. The molecule has 2 rings (SSSR count). The van der Waals surface area contributed by atoms with Crippen molar-refractivity contribution in [1.29, 1.82) is 0 Å². The van der Waals surface area contributed by atoms with E-state index in [1.165, 1.54) is 12.5 Å². The van der Waals surface area contributed by atoms with Crippen LogP contribution in [0.5, 0.6) is 5.75 Å². The van der Waals surface area contributed by atoms with Crippen molar-refractivity contribution in [2.75, 3.05) is 0 Å². The number of benzene rings is 1. The van der Waals surface area contributed by atoms with Gasteiger partial charge in [-0.3, -0.25) is 4.79 Å². The molecule has 0 aliphatic carbocycles. The van der Waals surface area contributed by atoms with Crippen molar-refractivity contribution in [3.63, 3.8) is 0 Å². The summed E-state index contributed by atoms with van der Waals surface area (Å²) in [4.78, 5) is 22.8. The molecule has 25 heavy (non-hydrogen) atoms. The van der Waals surface area contributed by atoms with Crippen LogP contribution in [0.15, 0.2) is 45.6 Å². The van der Waals surface area contributed by atoms with Crippen LogP contribution in [0, 0.1) is 19.8 Å². The molecule has 1 aromatic heterocycles. The van der Waals surface area contributed by atoms with Crippen LogP contribution < -0.4 is 5.63 Å². The number of aryl methyl sites for hydroxylation is 2. The van der Waals surface area contributed by atoms with E-state index in [0.717, 1.165) is 13.0 Å². The molecule has 1 unspecified atom stereocenters. The molecule has 2 aromatic rings. The first-order valence-electron chi connectivity index (χ1n) is 7.47. The minimum atomic E-state index is -4.53. The van der Waals surface area contributed by atoms with Crippen LogP contribution in [-0.4, -0.2) is 17.1 Å². The molecule has 1 N–H and O–H groups in total. The zero-order valence-electron chi connectivity index (χ0n) is 14.1. The molecule has 136 valence electrons. The molecule has 1 atom stereocenters. The minimum absolute atomic E-state index is 0.0675. The topological polar surface area (TPSA) is 67.5 Å². The maximum atomic E-state index is 12.3. The van der Waals surface area contributed by atoms with Gasteiger partial charge in [0.05, 0.1) is 5.92 Å². The summed E-state index contributed by atoms with van der Waals surface area (Å²) < 4.78 is 41.4. The Hall–Kier alpha value is -2.57. The third-order valence-electron chi connectivity index (χ3n) is 3.32. The van der Waals surface area contributed by atoms with Gasteiger partial charge in [-0.1, -0.05) is 42.8 Å². The van der Waals surface area contributed by atoms with Gasteiger partial charge in [-0.25, -0.2) is 4.79 Å². The second kappa shape index (κ2) is 8.50. The van der Waals surface area contributed by atoms with Crippen LogP contribution in [-0.2, 0) is 0 Å². The maximum Gasteiger partial charge on any atom is 0.391 e. The van der Waals surface area contributed by atoms with Gasteiger partial charge in [0.2, 0.25) is 0 Å². The summed E-state index contributed by atoms with van der Waals surface area (Å²) >= 11 is 0. The molecule has 1 heterocycles. The highest BCUT2D eigenvalue weighted by molar-refractivity contribution is 5.98. The smallest absolute Gasteiger partial charge is 0.391 e. The third-order valence-corrected chi connectivity index (χ3v) is 3.32. The van der Waals surface area contributed by atoms with E-state index in [1.54, 1.807) is 0 Å². The lowest BCUT2D eigenvalue weighted by molar-refractivity contribution is -0.168. The zero-order chi connectivity index (χ0) is 19.2. The lowest BCUT2D eigenvalue weighted by Crippen LogP contribution is -2.25. The summed E-state index contributed by atoms with van der Waals surface area (Å²) in [6.07, 6.45) is -5.44. The van der Waals surface area contributed by atoms with Crippen molar-refractivity contribution in [3.8, 4) is 5.75 Å². The van der Waals surface area contributed by atoms with Crippen molar-refractivity contribution in [1.82, 2.24) is 0 Å². The molecule has 0 fully saturated rings. The monoisotopic (exact) mass is 356 g/mol. The number of ketones is 1. The Labute approximate surface area is 142 Å². The standard InChI is InChI=1S/C11H11F3O4.C7H8/c1-5(11(12,13)14)3-7(15)9-8(16)4-6(2)18-10(9)17;1-7-5-3-2-4-6-7/h4-5,16H,3H2,1-2H3;2-6H,1H3. The summed E-state index contributed by atoms with van der Waals surface area (Å²) in [6, 6.07) is 11.3. The zero-order valence-corrected chi connectivity index (χ0v) is 14.1. The number of carbonyl (C=O) groups excluding carboxylic acids is 1. The molecule has 0 aliphatic rings. The highest BCUT2D eigenvalue weighted by atomic mass is 19.4. The summed E-state index contributed by atoms with van der Waals surface area (Å²) in [6.45, 7) is 4.28. The highest BCUT2D eigenvalue weighted by Crippen LogP contribution is 2.30. The largest absolute Gasteiger partial charge is 0.507 e. The van der Waals surface area contributed by atoms with E-state index >= 15 is 0 Å². The minimum Gasteiger partial charge on any atom is -0.507 e. The molecular formula is C18H19F3O4. The second-order valence-corrected chi connectivity index (χ2v) is 5.63. The first kappa shape index (κ1) is 20.5.